The molecule has 1 N–H and O–H groups in total. The Morgan fingerprint density at radius 1 is 1.24 bits per heavy atom. The molecule has 2 heterocycles. The molecule has 1 atom stereocenters. The van der Waals surface area contributed by atoms with E-state index in [2.05, 4.69) is 10.3 Å². The van der Waals surface area contributed by atoms with Crippen molar-refractivity contribution in [3.8, 4) is 0 Å². The molecule has 5 nitrogen and oxygen atoms in total. The van der Waals surface area contributed by atoms with E-state index in [4.69, 9.17) is 20.8 Å². The summed E-state index contributed by atoms with van der Waals surface area (Å²) in [6, 6.07) is 14.9. The van der Waals surface area contributed by atoms with Crippen LogP contribution in [-0.2, 0) is 4.74 Å². The van der Waals surface area contributed by atoms with Crippen LogP contribution < -0.4 is 10.9 Å². The van der Waals surface area contributed by atoms with Crippen LogP contribution in [0.5, 0.6) is 0 Å². The van der Waals surface area contributed by atoms with Crippen LogP contribution in [0.4, 0.5) is 5.69 Å². The Labute approximate surface area is 178 Å². The van der Waals surface area contributed by atoms with Crippen molar-refractivity contribution in [1.82, 2.24) is 5.32 Å². The third-order valence-electron chi connectivity index (χ3n) is 4.77. The van der Waals surface area contributed by atoms with E-state index in [1.165, 1.54) is 0 Å². The molecule has 1 amide bonds. The Morgan fingerprint density at radius 3 is 2.79 bits per heavy atom. The summed E-state index contributed by atoms with van der Waals surface area (Å²) >= 11 is 7.77. The summed E-state index contributed by atoms with van der Waals surface area (Å²) in [5.41, 5.74) is 1.96. The van der Waals surface area contributed by atoms with Crippen molar-refractivity contribution in [2.45, 2.75) is 23.8 Å². The Kier molecular flexibility index (Phi) is 6.23. The Morgan fingerprint density at radius 2 is 2.07 bits per heavy atom. The number of ether oxygens (including phenoxy) is 1. The van der Waals surface area contributed by atoms with E-state index in [1.54, 1.807) is 36.0 Å². The van der Waals surface area contributed by atoms with Crippen molar-refractivity contribution in [2.75, 3.05) is 19.4 Å². The summed E-state index contributed by atoms with van der Waals surface area (Å²) in [5, 5.41) is 4.27. The van der Waals surface area contributed by atoms with E-state index < -0.39 is 0 Å². The van der Waals surface area contributed by atoms with Gasteiger partial charge in [0.2, 0.25) is 5.55 Å². The highest BCUT2D eigenvalue weighted by atomic mass is 35.5. The zero-order chi connectivity index (χ0) is 20.2. The second-order valence-electron chi connectivity index (χ2n) is 6.80. The fourth-order valence-electron chi connectivity index (χ4n) is 3.23. The van der Waals surface area contributed by atoms with Crippen LogP contribution in [0.2, 0.25) is 5.02 Å². The van der Waals surface area contributed by atoms with Gasteiger partial charge in [-0.1, -0.05) is 11.6 Å². The molecule has 4 rings (SSSR count). The number of halogens is 1. The molecule has 1 aliphatic heterocycles. The molecule has 3 aromatic rings. The van der Waals surface area contributed by atoms with Gasteiger partial charge in [-0.25, -0.2) is 4.99 Å². The summed E-state index contributed by atoms with van der Waals surface area (Å²) in [4.78, 5) is 18.6. The maximum atomic E-state index is 12.9. The van der Waals surface area contributed by atoms with Gasteiger partial charge < -0.3 is 14.5 Å². The third-order valence-corrected chi connectivity index (χ3v) is 5.75. The van der Waals surface area contributed by atoms with Gasteiger partial charge in [-0.05, 0) is 67.6 Å². The Hall–Kier alpha value is -2.28. The van der Waals surface area contributed by atoms with Crippen molar-refractivity contribution >= 4 is 45.9 Å². The maximum Gasteiger partial charge on any atom is 0.256 e. The fourth-order valence-corrected chi connectivity index (χ4v) is 3.82. The SMILES string of the molecule is CSc1ccc(N=c2oc3ccc(Cl)cc3cc2C(=O)NC[C@@H]2CCCO2)cc1. The number of nitrogens with one attached hydrogen (secondary N) is 1. The minimum Gasteiger partial charge on any atom is -0.438 e. The van der Waals surface area contributed by atoms with E-state index >= 15 is 0 Å². The number of hydrogen-bond acceptors (Lipinski definition) is 5. The molecular weight excluding hydrogens is 408 g/mol. The van der Waals surface area contributed by atoms with Gasteiger partial charge in [0, 0.05) is 28.5 Å². The minimum atomic E-state index is -0.245. The monoisotopic (exact) mass is 428 g/mol. The fraction of sp³-hybridized carbons (Fsp3) is 0.273. The summed E-state index contributed by atoms with van der Waals surface area (Å²) in [6.45, 7) is 1.21. The topological polar surface area (TPSA) is 63.8 Å². The van der Waals surface area contributed by atoms with E-state index in [1.807, 2.05) is 30.5 Å². The molecule has 29 heavy (non-hydrogen) atoms. The largest absolute Gasteiger partial charge is 0.438 e. The lowest BCUT2D eigenvalue weighted by atomic mass is 10.1. The highest BCUT2D eigenvalue weighted by molar-refractivity contribution is 7.98. The van der Waals surface area contributed by atoms with Crippen LogP contribution in [0.3, 0.4) is 0 Å². The lowest BCUT2D eigenvalue weighted by molar-refractivity contribution is 0.0854. The third kappa shape index (κ3) is 4.83. The maximum absolute atomic E-state index is 12.9. The van der Waals surface area contributed by atoms with Crippen molar-refractivity contribution in [2.24, 2.45) is 4.99 Å². The Balaban J connectivity index is 1.73. The number of nitrogens with zero attached hydrogens (tertiary/aromatic N) is 1. The van der Waals surface area contributed by atoms with Gasteiger partial charge in [-0.15, -0.1) is 11.8 Å². The van der Waals surface area contributed by atoms with Crippen LogP contribution >= 0.6 is 23.4 Å². The van der Waals surface area contributed by atoms with Crippen LogP contribution in [-0.4, -0.2) is 31.4 Å². The molecule has 150 valence electrons. The highest BCUT2D eigenvalue weighted by Gasteiger charge is 2.18. The lowest BCUT2D eigenvalue weighted by Crippen LogP contribution is -2.34. The van der Waals surface area contributed by atoms with Crippen molar-refractivity contribution < 1.29 is 13.9 Å². The van der Waals surface area contributed by atoms with E-state index in [0.29, 0.717) is 28.4 Å². The zero-order valence-corrected chi connectivity index (χ0v) is 17.6. The number of carbonyl (C=O) groups excluding carboxylic acids is 1. The molecule has 1 fully saturated rings. The molecule has 0 unspecified atom stereocenters. The number of rotatable bonds is 5. The zero-order valence-electron chi connectivity index (χ0n) is 16.0. The van der Waals surface area contributed by atoms with Gasteiger partial charge in [-0.2, -0.15) is 0 Å². The summed E-state index contributed by atoms with van der Waals surface area (Å²) in [7, 11) is 0. The number of benzene rings is 2. The number of amides is 1. The smallest absolute Gasteiger partial charge is 0.256 e. The van der Waals surface area contributed by atoms with Crippen LogP contribution in [0.1, 0.15) is 23.2 Å². The first kappa shape index (κ1) is 20.0. The van der Waals surface area contributed by atoms with Gasteiger partial charge in [-0.3, -0.25) is 4.79 Å². The average molecular weight is 429 g/mol. The number of fused-ring (bicyclic) bond motifs is 1. The highest BCUT2D eigenvalue weighted by Crippen LogP contribution is 2.21. The van der Waals surface area contributed by atoms with E-state index in [0.717, 1.165) is 29.7 Å². The van der Waals surface area contributed by atoms with E-state index in [-0.39, 0.29) is 17.6 Å². The predicted octanol–water partition coefficient (Wildman–Crippen LogP) is 4.95. The molecule has 1 aliphatic rings. The van der Waals surface area contributed by atoms with Crippen LogP contribution in [0.15, 0.2) is 62.8 Å². The second-order valence-corrected chi connectivity index (χ2v) is 8.12. The molecule has 0 radical (unpaired) electrons. The number of carbonyl (C=O) groups is 1. The molecular formula is C22H21ClN2O3S. The number of thioether (sulfide) groups is 1. The molecule has 7 heteroatoms. The van der Waals surface area contributed by atoms with Crippen molar-refractivity contribution in [3.63, 3.8) is 0 Å². The minimum absolute atomic E-state index is 0.0604. The molecule has 2 aromatic carbocycles. The van der Waals surface area contributed by atoms with E-state index in [9.17, 15) is 4.79 Å². The molecule has 0 spiro atoms. The second kappa shape index (κ2) is 9.03. The molecule has 0 aliphatic carbocycles. The van der Waals surface area contributed by atoms with Gasteiger partial charge >= 0.3 is 0 Å². The predicted molar refractivity (Wildman–Crippen MR) is 116 cm³/mol. The summed E-state index contributed by atoms with van der Waals surface area (Å²) < 4.78 is 11.6. The normalized spacial score (nSPS) is 17.0. The number of hydrogen-bond donors (Lipinski definition) is 1. The van der Waals surface area contributed by atoms with Gasteiger partial charge in [0.25, 0.3) is 5.91 Å². The summed E-state index contributed by atoms with van der Waals surface area (Å²) in [5.74, 6) is -0.245. The average Bonchev–Trinajstić information content (AvgIpc) is 3.26. The molecule has 1 aromatic heterocycles. The Bertz CT molecular complexity index is 1090. The van der Waals surface area contributed by atoms with Crippen LogP contribution in [0, 0.1) is 0 Å². The van der Waals surface area contributed by atoms with Gasteiger partial charge in [0.1, 0.15) is 11.1 Å². The van der Waals surface area contributed by atoms with Gasteiger partial charge in [0.15, 0.2) is 0 Å². The molecule has 0 saturated carbocycles. The molecule has 0 bridgehead atoms. The van der Waals surface area contributed by atoms with Crippen molar-refractivity contribution in [3.05, 3.63) is 64.7 Å². The molecule has 1 saturated heterocycles. The first-order valence-electron chi connectivity index (χ1n) is 9.44. The standard InChI is InChI=1S/C22H21ClN2O3S/c1-29-18-7-5-16(6-8-18)25-22-19(21(26)24-13-17-3-2-10-27-17)12-14-11-15(23)4-9-20(14)28-22/h4-9,11-12,17H,2-3,10,13H2,1H3,(H,24,26)/t17-/m0/s1. The summed E-state index contributed by atoms with van der Waals surface area (Å²) in [6.07, 6.45) is 4.06. The quantitative estimate of drug-likeness (QED) is 0.584. The van der Waals surface area contributed by atoms with Crippen molar-refractivity contribution in [1.29, 1.82) is 0 Å². The van der Waals surface area contributed by atoms with Gasteiger partial charge in [0.05, 0.1) is 11.8 Å². The first-order valence-corrected chi connectivity index (χ1v) is 11.0. The van der Waals surface area contributed by atoms with Crippen LogP contribution in [0.25, 0.3) is 11.0 Å². The first-order chi connectivity index (χ1) is 14.1. The lowest BCUT2D eigenvalue weighted by Gasteiger charge is -2.11.